The summed E-state index contributed by atoms with van der Waals surface area (Å²) in [5.74, 6) is -0.352. The molecule has 3 aromatic rings. The fourth-order valence-electron chi connectivity index (χ4n) is 2.29. The molecule has 0 unspecified atom stereocenters. The maximum absolute atomic E-state index is 13.2. The Morgan fingerprint density at radius 3 is 2.48 bits per heavy atom. The van der Waals surface area contributed by atoms with E-state index >= 15 is 0 Å². The normalized spacial score (nSPS) is 10.4. The number of aromatic nitrogens is 2. The zero-order valence-electron chi connectivity index (χ0n) is 13.9. The predicted octanol–water partition coefficient (Wildman–Crippen LogP) is 4.23. The van der Waals surface area contributed by atoms with Crippen molar-refractivity contribution in [3.05, 3.63) is 77.4 Å². The SMILES string of the molecule is Cc1cccc(NC(=O)c2cnc(Nc3cccc(F)c3)nc2)c1C. The van der Waals surface area contributed by atoms with Gasteiger partial charge >= 0.3 is 0 Å². The molecule has 126 valence electrons. The van der Waals surface area contributed by atoms with E-state index in [1.54, 1.807) is 12.1 Å². The highest BCUT2D eigenvalue weighted by atomic mass is 19.1. The third kappa shape index (κ3) is 3.98. The lowest BCUT2D eigenvalue weighted by atomic mass is 10.1. The van der Waals surface area contributed by atoms with Crippen LogP contribution in [0.15, 0.2) is 54.9 Å². The summed E-state index contributed by atoms with van der Waals surface area (Å²) in [7, 11) is 0. The van der Waals surface area contributed by atoms with Gasteiger partial charge in [-0.2, -0.15) is 0 Å². The minimum absolute atomic E-state index is 0.286. The number of hydrogen-bond donors (Lipinski definition) is 2. The van der Waals surface area contributed by atoms with Gasteiger partial charge in [0.1, 0.15) is 5.82 Å². The van der Waals surface area contributed by atoms with E-state index in [9.17, 15) is 9.18 Å². The highest BCUT2D eigenvalue weighted by Crippen LogP contribution is 2.19. The molecule has 0 spiro atoms. The van der Waals surface area contributed by atoms with E-state index in [1.165, 1.54) is 24.5 Å². The first-order chi connectivity index (χ1) is 12.0. The molecule has 2 aromatic carbocycles. The monoisotopic (exact) mass is 336 g/mol. The Bertz CT molecular complexity index is 910. The molecule has 25 heavy (non-hydrogen) atoms. The van der Waals surface area contributed by atoms with Crippen LogP contribution >= 0.6 is 0 Å². The number of hydrogen-bond acceptors (Lipinski definition) is 4. The van der Waals surface area contributed by atoms with E-state index in [4.69, 9.17) is 0 Å². The summed E-state index contributed by atoms with van der Waals surface area (Å²) in [5.41, 5.74) is 3.75. The lowest BCUT2D eigenvalue weighted by molar-refractivity contribution is 0.102. The number of carbonyl (C=O) groups excluding carboxylic acids is 1. The van der Waals surface area contributed by atoms with Crippen LogP contribution in [0.1, 0.15) is 21.5 Å². The molecule has 0 radical (unpaired) electrons. The molecule has 0 aliphatic carbocycles. The summed E-state index contributed by atoms with van der Waals surface area (Å²) in [6.07, 6.45) is 2.85. The topological polar surface area (TPSA) is 66.9 Å². The number of nitrogens with zero attached hydrogens (tertiary/aromatic N) is 2. The van der Waals surface area contributed by atoms with E-state index in [0.29, 0.717) is 11.3 Å². The fourth-order valence-corrected chi connectivity index (χ4v) is 2.29. The standard InChI is InChI=1S/C19H17FN4O/c1-12-5-3-8-17(13(12)2)24-18(25)14-10-21-19(22-11-14)23-16-7-4-6-15(20)9-16/h3-11H,1-2H3,(H,24,25)(H,21,22,23). The van der Waals surface area contributed by atoms with E-state index in [0.717, 1.165) is 16.8 Å². The van der Waals surface area contributed by atoms with Gasteiger partial charge in [0, 0.05) is 23.8 Å². The fraction of sp³-hybridized carbons (Fsp3) is 0.105. The lowest BCUT2D eigenvalue weighted by Crippen LogP contribution is -2.14. The molecule has 3 rings (SSSR count). The number of nitrogens with one attached hydrogen (secondary N) is 2. The molecule has 0 saturated carbocycles. The van der Waals surface area contributed by atoms with Crippen molar-refractivity contribution in [2.75, 3.05) is 10.6 Å². The summed E-state index contributed by atoms with van der Waals surface area (Å²) in [6, 6.07) is 11.7. The van der Waals surface area contributed by atoms with Crippen molar-refractivity contribution in [1.82, 2.24) is 9.97 Å². The molecule has 1 aromatic heterocycles. The smallest absolute Gasteiger partial charge is 0.258 e. The summed E-state index contributed by atoms with van der Waals surface area (Å²) >= 11 is 0. The molecule has 0 bridgehead atoms. The molecular formula is C19H17FN4O. The van der Waals surface area contributed by atoms with Gasteiger partial charge in [0.25, 0.3) is 5.91 Å². The largest absolute Gasteiger partial charge is 0.324 e. The molecule has 0 saturated heterocycles. The Hall–Kier alpha value is -3.28. The first kappa shape index (κ1) is 16.6. The quantitative estimate of drug-likeness (QED) is 0.748. The second-order valence-electron chi connectivity index (χ2n) is 5.63. The molecule has 2 N–H and O–H groups in total. The third-order valence-corrected chi connectivity index (χ3v) is 3.85. The molecule has 1 heterocycles. The number of amides is 1. The lowest BCUT2D eigenvalue weighted by Gasteiger charge is -2.10. The zero-order chi connectivity index (χ0) is 17.8. The van der Waals surface area contributed by atoms with Gasteiger partial charge in [-0.05, 0) is 49.2 Å². The summed E-state index contributed by atoms with van der Waals surface area (Å²) < 4.78 is 13.2. The van der Waals surface area contributed by atoms with Crippen molar-refractivity contribution < 1.29 is 9.18 Å². The zero-order valence-corrected chi connectivity index (χ0v) is 13.9. The molecule has 0 fully saturated rings. The Balaban J connectivity index is 1.71. The molecule has 5 nitrogen and oxygen atoms in total. The van der Waals surface area contributed by atoms with Crippen LogP contribution in [-0.2, 0) is 0 Å². The summed E-state index contributed by atoms with van der Waals surface area (Å²) in [5, 5.41) is 5.74. The predicted molar refractivity (Wildman–Crippen MR) is 95.6 cm³/mol. The van der Waals surface area contributed by atoms with Gasteiger partial charge in [-0.1, -0.05) is 18.2 Å². The van der Waals surface area contributed by atoms with Crippen LogP contribution in [-0.4, -0.2) is 15.9 Å². The average Bonchev–Trinajstić information content (AvgIpc) is 2.59. The number of carbonyl (C=O) groups is 1. The van der Waals surface area contributed by atoms with Gasteiger partial charge in [0.15, 0.2) is 0 Å². The second-order valence-corrected chi connectivity index (χ2v) is 5.63. The Morgan fingerprint density at radius 2 is 1.76 bits per heavy atom. The van der Waals surface area contributed by atoms with Crippen LogP contribution in [0.5, 0.6) is 0 Å². The summed E-state index contributed by atoms with van der Waals surface area (Å²) in [4.78, 5) is 20.5. The second kappa shape index (κ2) is 7.09. The third-order valence-electron chi connectivity index (χ3n) is 3.85. The average molecular weight is 336 g/mol. The van der Waals surface area contributed by atoms with E-state index in [1.807, 2.05) is 32.0 Å². The maximum Gasteiger partial charge on any atom is 0.258 e. The maximum atomic E-state index is 13.2. The number of aryl methyl sites for hydroxylation is 1. The highest BCUT2D eigenvalue weighted by Gasteiger charge is 2.10. The minimum Gasteiger partial charge on any atom is -0.324 e. The molecule has 0 aliphatic heterocycles. The van der Waals surface area contributed by atoms with Crippen molar-refractivity contribution in [2.45, 2.75) is 13.8 Å². The van der Waals surface area contributed by atoms with Gasteiger partial charge in [0.05, 0.1) is 5.56 Å². The van der Waals surface area contributed by atoms with Crippen molar-refractivity contribution in [3.8, 4) is 0 Å². The Morgan fingerprint density at radius 1 is 1.04 bits per heavy atom. The number of rotatable bonds is 4. The first-order valence-electron chi connectivity index (χ1n) is 7.75. The van der Waals surface area contributed by atoms with Crippen molar-refractivity contribution >= 4 is 23.2 Å². The van der Waals surface area contributed by atoms with Crippen molar-refractivity contribution in [2.24, 2.45) is 0 Å². The van der Waals surface area contributed by atoms with Crippen LogP contribution in [0.4, 0.5) is 21.7 Å². The van der Waals surface area contributed by atoms with Gasteiger partial charge in [-0.3, -0.25) is 4.79 Å². The molecular weight excluding hydrogens is 319 g/mol. The minimum atomic E-state index is -0.352. The Labute approximate surface area is 145 Å². The first-order valence-corrected chi connectivity index (χ1v) is 7.75. The molecule has 1 amide bonds. The summed E-state index contributed by atoms with van der Waals surface area (Å²) in [6.45, 7) is 3.94. The highest BCUT2D eigenvalue weighted by molar-refractivity contribution is 6.04. The van der Waals surface area contributed by atoms with Gasteiger partial charge in [-0.25, -0.2) is 14.4 Å². The number of anilines is 3. The van der Waals surface area contributed by atoms with Crippen molar-refractivity contribution in [3.63, 3.8) is 0 Å². The van der Waals surface area contributed by atoms with E-state index in [-0.39, 0.29) is 17.7 Å². The molecule has 0 aliphatic rings. The van der Waals surface area contributed by atoms with Gasteiger partial charge < -0.3 is 10.6 Å². The molecule has 6 heteroatoms. The van der Waals surface area contributed by atoms with Crippen LogP contribution in [0.2, 0.25) is 0 Å². The van der Waals surface area contributed by atoms with E-state index in [2.05, 4.69) is 20.6 Å². The van der Waals surface area contributed by atoms with Gasteiger partial charge in [0.2, 0.25) is 5.95 Å². The van der Waals surface area contributed by atoms with Crippen molar-refractivity contribution in [1.29, 1.82) is 0 Å². The Kier molecular flexibility index (Phi) is 4.70. The number of halogens is 1. The number of benzene rings is 2. The van der Waals surface area contributed by atoms with Crippen LogP contribution in [0.25, 0.3) is 0 Å². The van der Waals surface area contributed by atoms with Crippen LogP contribution < -0.4 is 10.6 Å². The van der Waals surface area contributed by atoms with E-state index < -0.39 is 0 Å². The van der Waals surface area contributed by atoms with Crippen LogP contribution in [0.3, 0.4) is 0 Å². The van der Waals surface area contributed by atoms with Crippen LogP contribution in [0, 0.1) is 19.7 Å². The molecule has 0 atom stereocenters. The van der Waals surface area contributed by atoms with Gasteiger partial charge in [-0.15, -0.1) is 0 Å².